The number of hydrogen-bond acceptors (Lipinski definition) is 0. The zero-order chi connectivity index (χ0) is 31.6. The summed E-state index contributed by atoms with van der Waals surface area (Å²) in [5.74, 6) is 0. The highest BCUT2D eigenvalue weighted by atomic mass is 19.4. The minimum absolute atomic E-state index is 0.172. The highest BCUT2D eigenvalue weighted by molar-refractivity contribution is 5.82. The maximum Gasteiger partial charge on any atom is 0.416 e. The van der Waals surface area contributed by atoms with E-state index in [1.807, 2.05) is 0 Å². The molecule has 0 saturated heterocycles. The monoisotopic (exact) mass is 594 g/mol. The van der Waals surface area contributed by atoms with Crippen molar-refractivity contribution in [3.05, 3.63) is 129 Å². The molecule has 226 valence electrons. The smallest absolute Gasteiger partial charge is 0.166 e. The maximum atomic E-state index is 13.4. The molecule has 0 fully saturated rings. The van der Waals surface area contributed by atoms with Crippen LogP contribution >= 0.6 is 0 Å². The first-order chi connectivity index (χ1) is 19.8. The Hall–Kier alpha value is -3.54. The molecule has 5 rings (SSSR count). The fourth-order valence-electron chi connectivity index (χ4n) is 6.19. The van der Waals surface area contributed by atoms with E-state index in [0.29, 0.717) is 12.8 Å². The van der Waals surface area contributed by atoms with Crippen LogP contribution in [0.1, 0.15) is 86.1 Å². The van der Waals surface area contributed by atoms with Gasteiger partial charge in [0.15, 0.2) is 0 Å². The van der Waals surface area contributed by atoms with Crippen LogP contribution in [0.2, 0.25) is 0 Å². The van der Waals surface area contributed by atoms with Gasteiger partial charge in [-0.1, -0.05) is 102 Å². The second kappa shape index (κ2) is 10.3. The molecule has 0 radical (unpaired) electrons. The van der Waals surface area contributed by atoms with Crippen molar-refractivity contribution in [1.29, 1.82) is 0 Å². The van der Waals surface area contributed by atoms with Crippen molar-refractivity contribution in [1.82, 2.24) is 0 Å². The second-order valence-corrected chi connectivity index (χ2v) is 13.8. The highest BCUT2D eigenvalue weighted by Crippen LogP contribution is 2.54. The maximum absolute atomic E-state index is 13.4. The van der Waals surface area contributed by atoms with Crippen LogP contribution in [0.25, 0.3) is 11.1 Å². The lowest BCUT2D eigenvalue weighted by Gasteiger charge is -2.35. The summed E-state index contributed by atoms with van der Waals surface area (Å²) >= 11 is 0. The predicted molar refractivity (Wildman–Crippen MR) is 160 cm³/mol. The number of rotatable bonds is 4. The largest absolute Gasteiger partial charge is 0.416 e. The minimum Gasteiger partial charge on any atom is -0.166 e. The van der Waals surface area contributed by atoms with E-state index in [0.717, 1.165) is 68.8 Å². The number of fused-ring (bicyclic) bond motifs is 3. The molecule has 6 heteroatoms. The highest BCUT2D eigenvalue weighted by Gasteiger charge is 2.45. The third-order valence-electron chi connectivity index (χ3n) is 8.67. The van der Waals surface area contributed by atoms with Crippen molar-refractivity contribution in [2.75, 3.05) is 0 Å². The van der Waals surface area contributed by atoms with Gasteiger partial charge >= 0.3 is 12.4 Å². The van der Waals surface area contributed by atoms with Gasteiger partial charge in [-0.2, -0.15) is 26.3 Å². The molecule has 0 heterocycles. The van der Waals surface area contributed by atoms with Crippen molar-refractivity contribution in [2.45, 2.75) is 83.0 Å². The Bertz CT molecular complexity index is 1500. The van der Waals surface area contributed by atoms with Gasteiger partial charge in [0.2, 0.25) is 0 Å². The summed E-state index contributed by atoms with van der Waals surface area (Å²) in [5, 5.41) is 0. The molecule has 0 unspecified atom stereocenters. The topological polar surface area (TPSA) is 0 Å². The molecular weight excluding hydrogens is 558 g/mol. The van der Waals surface area contributed by atoms with E-state index in [-0.39, 0.29) is 10.8 Å². The summed E-state index contributed by atoms with van der Waals surface area (Å²) in [6, 6.07) is 23.4. The molecular formula is C37H36F6. The van der Waals surface area contributed by atoms with Gasteiger partial charge < -0.3 is 0 Å². The molecule has 4 aromatic carbocycles. The van der Waals surface area contributed by atoms with Crippen molar-refractivity contribution < 1.29 is 26.3 Å². The van der Waals surface area contributed by atoms with E-state index >= 15 is 0 Å². The average molecular weight is 595 g/mol. The number of hydrogen-bond donors (Lipinski definition) is 0. The molecule has 0 amide bonds. The van der Waals surface area contributed by atoms with Gasteiger partial charge in [0, 0.05) is 5.41 Å². The average Bonchev–Trinajstić information content (AvgIpc) is 3.15. The number of halogens is 6. The molecule has 0 spiro atoms. The van der Waals surface area contributed by atoms with Gasteiger partial charge in [0.1, 0.15) is 0 Å². The van der Waals surface area contributed by atoms with Gasteiger partial charge in [-0.15, -0.1) is 0 Å². The standard InChI is InChI=1S/C37H36F6/c1-33(2,3)27-15-17-29-30-18-16-28(34(4,5)6)20-32(30)35(31(29)19-27,21-23-7-11-25(12-8-23)36(38,39)40)22-24-9-13-26(14-10-24)37(41,42)43/h7-20H,21-22H2,1-6H3. The molecule has 0 atom stereocenters. The Labute approximate surface area is 249 Å². The number of alkyl halides is 6. The van der Waals surface area contributed by atoms with E-state index in [1.165, 1.54) is 24.3 Å². The second-order valence-electron chi connectivity index (χ2n) is 13.8. The lowest BCUT2D eigenvalue weighted by Crippen LogP contribution is -2.32. The summed E-state index contributed by atoms with van der Waals surface area (Å²) in [6.07, 6.45) is -8.14. The van der Waals surface area contributed by atoms with Crippen LogP contribution in [0.4, 0.5) is 26.3 Å². The fraction of sp³-hybridized carbons (Fsp3) is 0.351. The molecule has 0 aromatic heterocycles. The SMILES string of the molecule is CC(C)(C)c1ccc2c(c1)C(Cc1ccc(C(F)(F)F)cc1)(Cc1ccc(C(F)(F)F)cc1)c1cc(C(C)(C)C)ccc1-2. The van der Waals surface area contributed by atoms with Crippen LogP contribution in [0.3, 0.4) is 0 Å². The van der Waals surface area contributed by atoms with E-state index in [2.05, 4.69) is 77.9 Å². The zero-order valence-electron chi connectivity index (χ0n) is 25.3. The van der Waals surface area contributed by atoms with Gasteiger partial charge in [-0.3, -0.25) is 0 Å². The molecule has 4 aromatic rings. The Morgan fingerprint density at radius 1 is 0.442 bits per heavy atom. The van der Waals surface area contributed by atoms with Gasteiger partial charge in [-0.05, 0) is 92.4 Å². The molecule has 0 nitrogen and oxygen atoms in total. The lowest BCUT2D eigenvalue weighted by molar-refractivity contribution is -0.138. The van der Waals surface area contributed by atoms with Crippen molar-refractivity contribution in [3.63, 3.8) is 0 Å². The first kappa shape index (κ1) is 30.9. The Balaban J connectivity index is 1.77. The number of benzene rings is 4. The molecule has 0 aliphatic heterocycles. The Morgan fingerprint density at radius 3 is 1.02 bits per heavy atom. The molecule has 43 heavy (non-hydrogen) atoms. The molecule has 0 N–H and O–H groups in total. The van der Waals surface area contributed by atoms with E-state index in [4.69, 9.17) is 0 Å². The summed E-state index contributed by atoms with van der Waals surface area (Å²) in [4.78, 5) is 0. The third-order valence-corrected chi connectivity index (χ3v) is 8.67. The Morgan fingerprint density at radius 2 is 0.744 bits per heavy atom. The molecule has 0 saturated carbocycles. The van der Waals surface area contributed by atoms with Gasteiger partial charge in [-0.25, -0.2) is 0 Å². The first-order valence-corrected chi connectivity index (χ1v) is 14.4. The van der Waals surface area contributed by atoms with Crippen LogP contribution < -0.4 is 0 Å². The third kappa shape index (κ3) is 5.98. The van der Waals surface area contributed by atoms with Crippen molar-refractivity contribution >= 4 is 0 Å². The molecule has 1 aliphatic rings. The molecule has 1 aliphatic carbocycles. The fourth-order valence-corrected chi connectivity index (χ4v) is 6.19. The predicted octanol–water partition coefficient (Wildman–Crippen LogP) is 11.1. The van der Waals surface area contributed by atoms with Crippen molar-refractivity contribution in [2.24, 2.45) is 0 Å². The van der Waals surface area contributed by atoms with Crippen molar-refractivity contribution in [3.8, 4) is 11.1 Å². The minimum atomic E-state index is -4.45. The van der Waals surface area contributed by atoms with Crippen LogP contribution in [0.5, 0.6) is 0 Å². The summed E-state index contributed by atoms with van der Waals surface area (Å²) in [6.45, 7) is 12.8. The van der Waals surface area contributed by atoms with Crippen LogP contribution in [0, 0.1) is 0 Å². The van der Waals surface area contributed by atoms with Crippen LogP contribution in [-0.4, -0.2) is 0 Å². The summed E-state index contributed by atoms with van der Waals surface area (Å²) < 4.78 is 80.6. The normalized spacial score (nSPS) is 14.9. The van der Waals surface area contributed by atoms with E-state index < -0.39 is 28.9 Å². The summed E-state index contributed by atoms with van der Waals surface area (Å²) in [5.41, 5.74) is 5.33. The van der Waals surface area contributed by atoms with Gasteiger partial charge in [0.05, 0.1) is 11.1 Å². The lowest BCUT2D eigenvalue weighted by atomic mass is 9.68. The molecule has 0 bridgehead atoms. The zero-order valence-corrected chi connectivity index (χ0v) is 25.3. The van der Waals surface area contributed by atoms with E-state index in [1.54, 1.807) is 0 Å². The quantitative estimate of drug-likeness (QED) is 0.206. The van der Waals surface area contributed by atoms with E-state index in [9.17, 15) is 26.3 Å². The Kier molecular flexibility index (Phi) is 7.39. The van der Waals surface area contributed by atoms with Crippen LogP contribution in [-0.2, 0) is 41.4 Å². The van der Waals surface area contributed by atoms with Crippen LogP contribution in [0.15, 0.2) is 84.9 Å². The summed E-state index contributed by atoms with van der Waals surface area (Å²) in [7, 11) is 0. The van der Waals surface area contributed by atoms with Gasteiger partial charge in [0.25, 0.3) is 0 Å². The first-order valence-electron chi connectivity index (χ1n) is 14.4.